The van der Waals surface area contributed by atoms with Gasteiger partial charge in [-0.15, -0.1) is 0 Å². The zero-order valence-electron chi connectivity index (χ0n) is 14.7. The van der Waals surface area contributed by atoms with Crippen LogP contribution in [0.3, 0.4) is 0 Å². The molecule has 5 nitrogen and oxygen atoms in total. The third-order valence-electron chi connectivity index (χ3n) is 3.92. The molecule has 0 aliphatic carbocycles. The van der Waals surface area contributed by atoms with E-state index in [4.69, 9.17) is 19.2 Å². The number of nitrogens with zero attached hydrogens (tertiary/aromatic N) is 2. The predicted octanol–water partition coefficient (Wildman–Crippen LogP) is 4.14. The van der Waals surface area contributed by atoms with Crippen LogP contribution in [0.2, 0.25) is 0 Å². The van der Waals surface area contributed by atoms with Gasteiger partial charge in [-0.2, -0.15) is 0 Å². The highest BCUT2D eigenvalue weighted by atomic mass is 16.5. The Morgan fingerprint density at radius 2 is 1.24 bits per heavy atom. The van der Waals surface area contributed by atoms with E-state index in [1.165, 1.54) is 0 Å². The van der Waals surface area contributed by atoms with Crippen molar-refractivity contribution in [3.8, 4) is 39.9 Å². The average molecular weight is 336 g/mol. The summed E-state index contributed by atoms with van der Waals surface area (Å²) in [5, 5.41) is 0. The molecule has 0 amide bonds. The van der Waals surface area contributed by atoms with Crippen LogP contribution in [0.4, 0.5) is 0 Å². The van der Waals surface area contributed by atoms with Crippen LogP contribution in [0, 0.1) is 6.92 Å². The number of hydrogen-bond donors (Lipinski definition) is 0. The Labute approximate surface area is 147 Å². The highest BCUT2D eigenvalue weighted by molar-refractivity contribution is 5.71. The minimum atomic E-state index is 0.469. The monoisotopic (exact) mass is 336 g/mol. The highest BCUT2D eigenvalue weighted by Crippen LogP contribution is 2.33. The number of ether oxygens (including phenoxy) is 3. The van der Waals surface area contributed by atoms with Crippen LogP contribution in [0.1, 0.15) is 5.69 Å². The first-order chi connectivity index (χ1) is 12.2. The lowest BCUT2D eigenvalue weighted by atomic mass is 10.1. The molecule has 0 aliphatic rings. The van der Waals surface area contributed by atoms with E-state index in [2.05, 4.69) is 4.98 Å². The standard InChI is InChI=1S/C20H20N2O3/c1-13-18(14-7-5-9-16(11-14)23-2)22-20(25-4)19(21-13)15-8-6-10-17(12-15)24-3/h5-12H,1-4H3. The first-order valence-corrected chi connectivity index (χ1v) is 7.87. The van der Waals surface area contributed by atoms with E-state index < -0.39 is 0 Å². The average Bonchev–Trinajstić information content (AvgIpc) is 2.67. The van der Waals surface area contributed by atoms with Crippen LogP contribution >= 0.6 is 0 Å². The van der Waals surface area contributed by atoms with Gasteiger partial charge in [-0.1, -0.05) is 24.3 Å². The highest BCUT2D eigenvalue weighted by Gasteiger charge is 2.16. The first kappa shape index (κ1) is 16.8. The maximum absolute atomic E-state index is 5.50. The third kappa shape index (κ3) is 3.40. The summed E-state index contributed by atoms with van der Waals surface area (Å²) in [6.45, 7) is 1.94. The molecule has 25 heavy (non-hydrogen) atoms. The van der Waals surface area contributed by atoms with E-state index in [1.54, 1.807) is 21.3 Å². The number of hydrogen-bond acceptors (Lipinski definition) is 5. The number of benzene rings is 2. The number of aryl methyl sites for hydroxylation is 1. The molecule has 1 heterocycles. The normalized spacial score (nSPS) is 10.4. The fourth-order valence-corrected chi connectivity index (χ4v) is 2.65. The van der Waals surface area contributed by atoms with E-state index in [0.717, 1.165) is 34.0 Å². The smallest absolute Gasteiger partial charge is 0.240 e. The van der Waals surface area contributed by atoms with Crippen molar-refractivity contribution >= 4 is 0 Å². The molecule has 0 saturated carbocycles. The topological polar surface area (TPSA) is 53.5 Å². The van der Waals surface area contributed by atoms with Gasteiger partial charge >= 0.3 is 0 Å². The van der Waals surface area contributed by atoms with Crippen LogP contribution in [0.15, 0.2) is 48.5 Å². The summed E-state index contributed by atoms with van der Waals surface area (Å²) in [4.78, 5) is 9.42. The number of methoxy groups -OCH3 is 3. The van der Waals surface area contributed by atoms with Gasteiger partial charge in [0, 0.05) is 11.1 Å². The summed E-state index contributed by atoms with van der Waals surface area (Å²) in [5.74, 6) is 2.00. The summed E-state index contributed by atoms with van der Waals surface area (Å²) in [6.07, 6.45) is 0. The molecule has 3 aromatic rings. The van der Waals surface area contributed by atoms with Crippen LogP contribution < -0.4 is 14.2 Å². The molecule has 3 rings (SSSR count). The Bertz CT molecular complexity index is 894. The second-order valence-electron chi connectivity index (χ2n) is 5.48. The molecule has 0 N–H and O–H groups in total. The van der Waals surface area contributed by atoms with Crippen molar-refractivity contribution in [3.63, 3.8) is 0 Å². The van der Waals surface area contributed by atoms with Crippen molar-refractivity contribution in [1.82, 2.24) is 9.97 Å². The fraction of sp³-hybridized carbons (Fsp3) is 0.200. The van der Waals surface area contributed by atoms with Gasteiger partial charge < -0.3 is 14.2 Å². The van der Waals surface area contributed by atoms with Gasteiger partial charge in [-0.25, -0.2) is 9.97 Å². The summed E-state index contributed by atoms with van der Waals surface area (Å²) in [7, 11) is 4.88. The van der Waals surface area contributed by atoms with Crippen LogP contribution in [0.5, 0.6) is 17.4 Å². The molecule has 0 unspecified atom stereocenters. The summed E-state index contributed by atoms with van der Waals surface area (Å²) < 4.78 is 16.1. The molecule has 128 valence electrons. The predicted molar refractivity (Wildman–Crippen MR) is 97.3 cm³/mol. The van der Waals surface area contributed by atoms with E-state index in [0.29, 0.717) is 11.6 Å². The van der Waals surface area contributed by atoms with Gasteiger partial charge in [0.25, 0.3) is 0 Å². The van der Waals surface area contributed by atoms with Gasteiger partial charge in [0.05, 0.1) is 32.7 Å². The first-order valence-electron chi connectivity index (χ1n) is 7.87. The van der Waals surface area contributed by atoms with Gasteiger partial charge in [-0.3, -0.25) is 0 Å². The molecule has 2 aromatic carbocycles. The molecule has 0 bridgehead atoms. The molecular weight excluding hydrogens is 316 g/mol. The van der Waals surface area contributed by atoms with Crippen molar-refractivity contribution in [2.24, 2.45) is 0 Å². The number of aromatic nitrogens is 2. The maximum atomic E-state index is 5.50. The molecule has 0 radical (unpaired) electrons. The summed E-state index contributed by atoms with van der Waals surface area (Å²) in [6, 6.07) is 15.4. The van der Waals surface area contributed by atoms with Gasteiger partial charge in [-0.05, 0) is 31.2 Å². The minimum absolute atomic E-state index is 0.469. The lowest BCUT2D eigenvalue weighted by molar-refractivity contribution is 0.397. The van der Waals surface area contributed by atoms with Crippen LogP contribution in [0.25, 0.3) is 22.5 Å². The van der Waals surface area contributed by atoms with E-state index in [9.17, 15) is 0 Å². The Morgan fingerprint density at radius 1 is 0.680 bits per heavy atom. The van der Waals surface area contributed by atoms with Crippen molar-refractivity contribution in [1.29, 1.82) is 0 Å². The van der Waals surface area contributed by atoms with Gasteiger partial charge in [0.1, 0.15) is 17.2 Å². The maximum Gasteiger partial charge on any atom is 0.240 e. The zero-order valence-corrected chi connectivity index (χ0v) is 14.7. The largest absolute Gasteiger partial charge is 0.497 e. The van der Waals surface area contributed by atoms with Crippen LogP contribution in [-0.4, -0.2) is 31.3 Å². The zero-order chi connectivity index (χ0) is 17.8. The molecule has 5 heteroatoms. The van der Waals surface area contributed by atoms with Crippen molar-refractivity contribution in [3.05, 3.63) is 54.2 Å². The Hall–Kier alpha value is -3.08. The van der Waals surface area contributed by atoms with E-state index in [1.807, 2.05) is 55.5 Å². The third-order valence-corrected chi connectivity index (χ3v) is 3.92. The summed E-state index contributed by atoms with van der Waals surface area (Å²) in [5.41, 5.74) is 4.09. The molecule has 0 saturated heterocycles. The quantitative estimate of drug-likeness (QED) is 0.701. The molecule has 1 aromatic heterocycles. The second kappa shape index (κ2) is 7.21. The van der Waals surface area contributed by atoms with Gasteiger partial charge in [0.2, 0.25) is 5.88 Å². The summed E-state index contributed by atoms with van der Waals surface area (Å²) >= 11 is 0. The molecule has 0 fully saturated rings. The fourth-order valence-electron chi connectivity index (χ4n) is 2.65. The second-order valence-corrected chi connectivity index (χ2v) is 5.48. The Morgan fingerprint density at radius 3 is 1.76 bits per heavy atom. The van der Waals surface area contributed by atoms with Crippen molar-refractivity contribution in [2.75, 3.05) is 21.3 Å². The van der Waals surface area contributed by atoms with Crippen molar-refractivity contribution in [2.45, 2.75) is 6.92 Å². The van der Waals surface area contributed by atoms with E-state index >= 15 is 0 Å². The van der Waals surface area contributed by atoms with Crippen LogP contribution in [-0.2, 0) is 0 Å². The molecule has 0 aliphatic heterocycles. The number of rotatable bonds is 5. The molecule has 0 spiro atoms. The van der Waals surface area contributed by atoms with Crippen molar-refractivity contribution < 1.29 is 14.2 Å². The lowest BCUT2D eigenvalue weighted by Gasteiger charge is -2.13. The Balaban J connectivity index is 2.12. The minimum Gasteiger partial charge on any atom is -0.497 e. The molecule has 0 atom stereocenters. The SMILES string of the molecule is COc1cccc(-c2nc(OC)c(-c3cccc(OC)c3)nc2C)c1. The molecular formula is C20H20N2O3. The Kier molecular flexibility index (Phi) is 4.84. The lowest BCUT2D eigenvalue weighted by Crippen LogP contribution is -2.01. The van der Waals surface area contributed by atoms with E-state index in [-0.39, 0.29) is 0 Å². The van der Waals surface area contributed by atoms with Gasteiger partial charge in [0.15, 0.2) is 0 Å².